The van der Waals surface area contributed by atoms with Gasteiger partial charge in [0.25, 0.3) is 12.3 Å². The Kier molecular flexibility index (Phi) is 6.43. The number of likely N-dealkylation sites (tertiary alicyclic amines) is 1. The van der Waals surface area contributed by atoms with E-state index >= 15 is 0 Å². The van der Waals surface area contributed by atoms with Gasteiger partial charge in [-0.25, -0.2) is 13.5 Å². The number of aryl methyl sites for hydroxylation is 2. The number of nitrogens with zero attached hydrogens (tertiary/aromatic N) is 4. The van der Waals surface area contributed by atoms with Crippen LogP contribution in [-0.4, -0.2) is 57.9 Å². The predicted octanol–water partition coefficient (Wildman–Crippen LogP) is 3.44. The second kappa shape index (κ2) is 9.23. The number of halogens is 2. The molecule has 0 aliphatic carbocycles. The molecule has 0 spiro atoms. The molecule has 0 bridgehead atoms. The molecule has 2 aromatic heterocycles. The molecule has 170 valence electrons. The van der Waals surface area contributed by atoms with Crippen LogP contribution in [0.3, 0.4) is 0 Å². The van der Waals surface area contributed by atoms with Gasteiger partial charge in [0, 0.05) is 44.1 Å². The number of rotatable bonds is 7. The summed E-state index contributed by atoms with van der Waals surface area (Å²) >= 11 is 0. The summed E-state index contributed by atoms with van der Waals surface area (Å²) in [6, 6.07) is 2.46. The van der Waals surface area contributed by atoms with Crippen molar-refractivity contribution in [2.24, 2.45) is 5.92 Å². The highest BCUT2D eigenvalue weighted by Gasteiger charge is 2.38. The van der Waals surface area contributed by atoms with Crippen molar-refractivity contribution in [3.63, 3.8) is 0 Å². The number of alkyl halides is 2. The third-order valence-corrected chi connectivity index (χ3v) is 6.09. The van der Waals surface area contributed by atoms with E-state index in [4.69, 9.17) is 9.26 Å². The predicted molar refractivity (Wildman–Crippen MR) is 109 cm³/mol. The van der Waals surface area contributed by atoms with E-state index < -0.39 is 12.5 Å². The molecule has 4 heterocycles. The maximum atomic E-state index is 13.7. The molecule has 31 heavy (non-hydrogen) atoms. The highest BCUT2D eigenvalue weighted by Crippen LogP contribution is 2.36. The van der Waals surface area contributed by atoms with Crippen LogP contribution in [0, 0.1) is 12.8 Å². The first kappa shape index (κ1) is 21.6. The van der Waals surface area contributed by atoms with Gasteiger partial charge in [-0.05, 0) is 44.2 Å². The van der Waals surface area contributed by atoms with Crippen molar-refractivity contribution < 1.29 is 22.8 Å². The maximum Gasteiger partial charge on any atom is 0.260 e. The van der Waals surface area contributed by atoms with E-state index in [1.807, 2.05) is 11.8 Å². The van der Waals surface area contributed by atoms with Crippen LogP contribution < -0.4 is 10.1 Å². The third kappa shape index (κ3) is 4.83. The zero-order chi connectivity index (χ0) is 22.0. The summed E-state index contributed by atoms with van der Waals surface area (Å²) in [5.41, 5.74) is 0.717. The number of aromatic nitrogens is 3. The van der Waals surface area contributed by atoms with Crippen LogP contribution in [0.25, 0.3) is 0 Å². The highest BCUT2D eigenvalue weighted by atomic mass is 19.3. The molecule has 0 saturated carbocycles. The molecule has 0 aromatic carbocycles. The minimum absolute atomic E-state index is 0.0427. The lowest BCUT2D eigenvalue weighted by Crippen LogP contribution is -2.48. The molecule has 1 N–H and O–H groups in total. The van der Waals surface area contributed by atoms with E-state index in [-0.39, 0.29) is 17.9 Å². The number of hydrogen-bond acceptors (Lipinski definition) is 6. The Morgan fingerprint density at radius 3 is 3.03 bits per heavy atom. The molecule has 1 unspecified atom stereocenters. The van der Waals surface area contributed by atoms with Gasteiger partial charge in [0.05, 0.1) is 12.3 Å². The lowest BCUT2D eigenvalue weighted by atomic mass is 9.86. The van der Waals surface area contributed by atoms with Crippen molar-refractivity contribution in [3.05, 3.63) is 23.6 Å². The van der Waals surface area contributed by atoms with E-state index in [9.17, 15) is 13.6 Å². The van der Waals surface area contributed by atoms with Crippen molar-refractivity contribution in [1.29, 1.82) is 0 Å². The Labute approximate surface area is 179 Å². The zero-order valence-electron chi connectivity index (χ0n) is 17.9. The monoisotopic (exact) mass is 437 g/mol. The molecule has 2 aliphatic heterocycles. The summed E-state index contributed by atoms with van der Waals surface area (Å²) in [5, 5.41) is 11.4. The number of ether oxygens (including phenoxy) is 1. The first-order chi connectivity index (χ1) is 14.9. The number of fused-ring (bicyclic) bond motifs is 1. The van der Waals surface area contributed by atoms with E-state index in [2.05, 4.69) is 15.6 Å². The van der Waals surface area contributed by atoms with Crippen LogP contribution in [-0.2, 0) is 11.2 Å². The standard InChI is InChI=1S/C21H29F2N5O3/c1-3-30-19-10-15(31-26-19)6-7-20(29)27-8-4-5-14(12-27)16-11-17(21(22)23)28-18(24-16)9-13(2)25-28/h9-10,14,16-17,21,24H,3-8,11-12H2,1-2H3/t14?,16-,17+/m0/s1. The van der Waals surface area contributed by atoms with Gasteiger partial charge in [-0.15, -0.1) is 0 Å². The number of nitrogens with one attached hydrogen (secondary N) is 1. The first-order valence-electron chi connectivity index (χ1n) is 10.9. The average molecular weight is 437 g/mol. The molecular formula is C21H29F2N5O3. The SMILES string of the molecule is CCOc1cc(CCC(=O)N2CCCC([C@@H]3C[C@H](C(F)F)n4nc(C)cc4N3)C2)on1. The van der Waals surface area contributed by atoms with Crippen LogP contribution in [0.2, 0.25) is 0 Å². The molecule has 1 amide bonds. The normalized spacial score (nSPS) is 23.5. The fourth-order valence-corrected chi connectivity index (χ4v) is 4.59. The molecule has 2 aromatic rings. The average Bonchev–Trinajstić information content (AvgIpc) is 3.36. The summed E-state index contributed by atoms with van der Waals surface area (Å²) in [4.78, 5) is 14.6. The third-order valence-electron chi connectivity index (χ3n) is 6.09. The van der Waals surface area contributed by atoms with Crippen molar-refractivity contribution in [1.82, 2.24) is 19.8 Å². The minimum atomic E-state index is -2.48. The van der Waals surface area contributed by atoms with Gasteiger partial charge in [0.2, 0.25) is 5.91 Å². The molecular weight excluding hydrogens is 408 g/mol. The fraction of sp³-hybridized carbons (Fsp3) is 0.667. The highest BCUT2D eigenvalue weighted by molar-refractivity contribution is 5.76. The summed E-state index contributed by atoms with van der Waals surface area (Å²) in [6.45, 7) is 5.43. The van der Waals surface area contributed by atoms with Crippen LogP contribution >= 0.6 is 0 Å². The Bertz CT molecular complexity index is 899. The smallest absolute Gasteiger partial charge is 0.260 e. The van der Waals surface area contributed by atoms with Gasteiger partial charge in [-0.2, -0.15) is 5.10 Å². The minimum Gasteiger partial charge on any atom is -0.476 e. The van der Waals surface area contributed by atoms with Crippen LogP contribution in [0.1, 0.15) is 50.1 Å². The molecule has 0 radical (unpaired) electrons. The number of hydrogen-bond donors (Lipinski definition) is 1. The summed E-state index contributed by atoms with van der Waals surface area (Å²) in [6.07, 6.45) is 0.363. The second-order valence-corrected chi connectivity index (χ2v) is 8.31. The first-order valence-corrected chi connectivity index (χ1v) is 10.9. The molecule has 1 saturated heterocycles. The van der Waals surface area contributed by atoms with Crippen molar-refractivity contribution in [3.8, 4) is 5.88 Å². The Hall–Kier alpha value is -2.65. The van der Waals surface area contributed by atoms with Gasteiger partial charge in [0.1, 0.15) is 17.6 Å². The Morgan fingerprint density at radius 2 is 2.26 bits per heavy atom. The molecule has 4 rings (SSSR count). The lowest BCUT2D eigenvalue weighted by molar-refractivity contribution is -0.133. The van der Waals surface area contributed by atoms with Crippen molar-refractivity contribution in [2.45, 2.75) is 64.5 Å². The van der Waals surface area contributed by atoms with Gasteiger partial charge in [-0.1, -0.05) is 0 Å². The van der Waals surface area contributed by atoms with Crippen LogP contribution in [0.4, 0.5) is 14.6 Å². The van der Waals surface area contributed by atoms with Crippen LogP contribution in [0.5, 0.6) is 5.88 Å². The van der Waals surface area contributed by atoms with Crippen LogP contribution in [0.15, 0.2) is 16.7 Å². The summed E-state index contributed by atoms with van der Waals surface area (Å²) in [5.74, 6) is 1.84. The maximum absolute atomic E-state index is 13.7. The van der Waals surface area contributed by atoms with E-state index in [0.717, 1.165) is 12.8 Å². The number of amides is 1. The molecule has 10 heteroatoms. The quantitative estimate of drug-likeness (QED) is 0.714. The summed E-state index contributed by atoms with van der Waals surface area (Å²) < 4.78 is 39.3. The van der Waals surface area contributed by atoms with Gasteiger partial charge in [0.15, 0.2) is 0 Å². The van der Waals surface area contributed by atoms with Crippen molar-refractivity contribution >= 4 is 11.7 Å². The Morgan fingerprint density at radius 1 is 1.42 bits per heavy atom. The van der Waals surface area contributed by atoms with Gasteiger partial charge >= 0.3 is 0 Å². The number of carbonyl (C=O) groups excluding carboxylic acids is 1. The number of anilines is 1. The molecule has 2 aliphatic rings. The summed E-state index contributed by atoms with van der Waals surface area (Å²) in [7, 11) is 0. The van der Waals surface area contributed by atoms with Crippen molar-refractivity contribution in [2.75, 3.05) is 25.0 Å². The lowest BCUT2D eigenvalue weighted by Gasteiger charge is -2.41. The number of piperidine rings is 1. The topological polar surface area (TPSA) is 85.4 Å². The van der Waals surface area contributed by atoms with E-state index in [1.165, 1.54) is 4.68 Å². The second-order valence-electron chi connectivity index (χ2n) is 8.31. The Balaban J connectivity index is 1.36. The molecule has 3 atom stereocenters. The molecule has 1 fully saturated rings. The van der Waals surface area contributed by atoms with Gasteiger partial charge < -0.3 is 19.5 Å². The van der Waals surface area contributed by atoms with E-state index in [0.29, 0.717) is 62.1 Å². The fourth-order valence-electron chi connectivity index (χ4n) is 4.59. The van der Waals surface area contributed by atoms with E-state index in [1.54, 1.807) is 19.1 Å². The van der Waals surface area contributed by atoms with Gasteiger partial charge in [-0.3, -0.25) is 4.79 Å². The molecule has 8 nitrogen and oxygen atoms in total. The number of carbonyl (C=O) groups is 1. The zero-order valence-corrected chi connectivity index (χ0v) is 17.9. The largest absolute Gasteiger partial charge is 0.476 e.